The number of imidazole rings is 1. The molecule has 4 heteroatoms. The van der Waals surface area contributed by atoms with Crippen molar-refractivity contribution in [1.82, 2.24) is 9.55 Å². The topological polar surface area (TPSA) is 38.1 Å². The van der Waals surface area contributed by atoms with Gasteiger partial charge in [-0.25, -0.2) is 4.98 Å². The quantitative estimate of drug-likeness (QED) is 0.758. The highest BCUT2D eigenvalue weighted by molar-refractivity contribution is 5.85. The molecule has 1 heterocycles. The summed E-state index contributed by atoms with van der Waals surface area (Å²) in [5, 5.41) is 11.7. The van der Waals surface area contributed by atoms with Crippen LogP contribution in [0.3, 0.4) is 0 Å². The van der Waals surface area contributed by atoms with E-state index >= 15 is 0 Å². The fourth-order valence-corrected chi connectivity index (χ4v) is 3.06. The maximum absolute atomic E-state index is 11.7. The summed E-state index contributed by atoms with van der Waals surface area (Å²) >= 11 is 0. The summed E-state index contributed by atoms with van der Waals surface area (Å²) in [7, 11) is 1.98. The summed E-state index contributed by atoms with van der Waals surface area (Å²) in [6, 6.07) is 19.6. The number of nitrogens with zero attached hydrogens (tertiary/aromatic N) is 2. The summed E-state index contributed by atoms with van der Waals surface area (Å²) in [4.78, 5) is 4.53. The third kappa shape index (κ3) is 3.10. The number of hydrogen-bond acceptors (Lipinski definition) is 2. The van der Waals surface area contributed by atoms with Crippen molar-refractivity contribution in [1.29, 1.82) is 0 Å². The molecule has 0 bridgehead atoms. The zero-order valence-corrected chi connectivity index (χ0v) is 14.8. The van der Waals surface area contributed by atoms with Gasteiger partial charge < -0.3 is 9.67 Å². The van der Waals surface area contributed by atoms with Gasteiger partial charge >= 0.3 is 0 Å². The van der Waals surface area contributed by atoms with Crippen LogP contribution in [0.5, 0.6) is 0 Å². The van der Waals surface area contributed by atoms with Gasteiger partial charge in [-0.15, -0.1) is 12.4 Å². The second-order valence-corrected chi connectivity index (χ2v) is 5.81. The molecule has 0 saturated carbocycles. The average molecular weight is 343 g/mol. The SMILES string of the molecule is CCCc1ncc(C(O)(c2ccccc2)c2ccccc2)n1C.Cl. The molecule has 0 saturated heterocycles. The number of rotatable bonds is 5. The molecule has 2 aromatic carbocycles. The van der Waals surface area contributed by atoms with E-state index in [1.54, 1.807) is 6.20 Å². The molecule has 0 fully saturated rings. The zero-order valence-electron chi connectivity index (χ0n) is 14.0. The molecular formula is C20H23ClN2O. The summed E-state index contributed by atoms with van der Waals surface area (Å²) in [5.74, 6) is 0.993. The highest BCUT2D eigenvalue weighted by Gasteiger charge is 2.36. The predicted molar refractivity (Wildman–Crippen MR) is 99.4 cm³/mol. The second-order valence-electron chi connectivity index (χ2n) is 5.81. The number of aryl methyl sites for hydroxylation is 1. The number of aromatic nitrogens is 2. The lowest BCUT2D eigenvalue weighted by Gasteiger charge is -2.30. The van der Waals surface area contributed by atoms with Crippen LogP contribution in [0.15, 0.2) is 66.9 Å². The Hall–Kier alpha value is -2.10. The minimum absolute atomic E-state index is 0. The first-order chi connectivity index (χ1) is 11.2. The van der Waals surface area contributed by atoms with E-state index in [0.29, 0.717) is 0 Å². The van der Waals surface area contributed by atoms with Crippen LogP contribution in [-0.2, 0) is 19.1 Å². The van der Waals surface area contributed by atoms with E-state index in [9.17, 15) is 5.11 Å². The predicted octanol–water partition coefficient (Wildman–Crippen LogP) is 4.08. The highest BCUT2D eigenvalue weighted by atomic mass is 35.5. The van der Waals surface area contributed by atoms with Gasteiger partial charge in [0.05, 0.1) is 11.9 Å². The summed E-state index contributed by atoms with van der Waals surface area (Å²) < 4.78 is 2.02. The molecule has 3 aromatic rings. The Kier molecular flexibility index (Phi) is 5.81. The van der Waals surface area contributed by atoms with E-state index in [-0.39, 0.29) is 12.4 Å². The lowest BCUT2D eigenvalue weighted by molar-refractivity contribution is 0.117. The fourth-order valence-electron chi connectivity index (χ4n) is 3.06. The van der Waals surface area contributed by atoms with Crippen molar-refractivity contribution in [2.75, 3.05) is 0 Å². The van der Waals surface area contributed by atoms with Gasteiger partial charge in [0.25, 0.3) is 0 Å². The third-order valence-corrected chi connectivity index (χ3v) is 4.31. The maximum Gasteiger partial charge on any atom is 0.156 e. The largest absolute Gasteiger partial charge is 0.374 e. The van der Waals surface area contributed by atoms with Gasteiger partial charge in [-0.05, 0) is 17.5 Å². The van der Waals surface area contributed by atoms with Crippen molar-refractivity contribution >= 4 is 12.4 Å². The Morgan fingerprint density at radius 2 is 1.46 bits per heavy atom. The van der Waals surface area contributed by atoms with Gasteiger partial charge in [0, 0.05) is 13.5 Å². The molecule has 0 unspecified atom stereocenters. The molecule has 24 heavy (non-hydrogen) atoms. The number of hydrogen-bond donors (Lipinski definition) is 1. The van der Waals surface area contributed by atoms with Crippen LogP contribution in [0.4, 0.5) is 0 Å². The Labute approximate surface area is 149 Å². The molecule has 0 radical (unpaired) electrons. The minimum Gasteiger partial charge on any atom is -0.374 e. The Morgan fingerprint density at radius 1 is 0.958 bits per heavy atom. The van der Waals surface area contributed by atoms with Crippen LogP contribution < -0.4 is 0 Å². The van der Waals surface area contributed by atoms with Crippen LogP contribution in [0.25, 0.3) is 0 Å². The van der Waals surface area contributed by atoms with Crippen molar-refractivity contribution in [3.8, 4) is 0 Å². The van der Waals surface area contributed by atoms with Crippen molar-refractivity contribution in [3.63, 3.8) is 0 Å². The van der Waals surface area contributed by atoms with E-state index in [1.807, 2.05) is 72.3 Å². The van der Waals surface area contributed by atoms with Crippen LogP contribution in [0.1, 0.15) is 36.0 Å². The van der Waals surface area contributed by atoms with E-state index in [1.165, 1.54) is 0 Å². The molecule has 126 valence electrons. The van der Waals surface area contributed by atoms with Gasteiger partial charge in [-0.1, -0.05) is 67.6 Å². The summed E-state index contributed by atoms with van der Waals surface area (Å²) in [6.45, 7) is 2.13. The average Bonchev–Trinajstić information content (AvgIpc) is 2.97. The van der Waals surface area contributed by atoms with Crippen molar-refractivity contribution in [2.45, 2.75) is 25.4 Å². The molecule has 0 amide bonds. The summed E-state index contributed by atoms with van der Waals surface area (Å²) in [6.07, 6.45) is 3.72. The van der Waals surface area contributed by atoms with Gasteiger partial charge in [-0.2, -0.15) is 0 Å². The summed E-state index contributed by atoms with van der Waals surface area (Å²) in [5.41, 5.74) is 1.27. The first-order valence-electron chi connectivity index (χ1n) is 8.02. The Morgan fingerprint density at radius 3 is 1.92 bits per heavy atom. The van der Waals surface area contributed by atoms with Crippen molar-refractivity contribution < 1.29 is 5.11 Å². The fraction of sp³-hybridized carbons (Fsp3) is 0.250. The van der Waals surface area contributed by atoms with Crippen LogP contribution in [0.2, 0.25) is 0 Å². The van der Waals surface area contributed by atoms with Crippen molar-refractivity contribution in [2.24, 2.45) is 7.05 Å². The molecule has 0 atom stereocenters. The number of benzene rings is 2. The van der Waals surface area contributed by atoms with Crippen LogP contribution in [0, 0.1) is 0 Å². The molecule has 1 N–H and O–H groups in total. The van der Waals surface area contributed by atoms with Gasteiger partial charge in [0.1, 0.15) is 5.82 Å². The first kappa shape index (κ1) is 18.2. The molecular weight excluding hydrogens is 320 g/mol. The Bertz CT molecular complexity index is 729. The van der Waals surface area contributed by atoms with Crippen LogP contribution >= 0.6 is 12.4 Å². The van der Waals surface area contributed by atoms with Crippen LogP contribution in [-0.4, -0.2) is 14.7 Å². The number of halogens is 1. The lowest BCUT2D eigenvalue weighted by atomic mass is 9.83. The molecule has 3 nitrogen and oxygen atoms in total. The molecule has 0 aliphatic heterocycles. The standard InChI is InChI=1S/C20H22N2O.ClH/c1-3-10-19-21-15-18(22(19)2)20(23,16-11-6-4-7-12-16)17-13-8-5-9-14-17;/h4-9,11-15,23H,3,10H2,1-2H3;1H. The minimum atomic E-state index is -1.21. The Balaban J connectivity index is 0.00000208. The molecule has 1 aromatic heterocycles. The zero-order chi connectivity index (χ0) is 16.3. The van der Waals surface area contributed by atoms with Gasteiger partial charge in [-0.3, -0.25) is 0 Å². The van der Waals surface area contributed by atoms with Gasteiger partial charge in [0.2, 0.25) is 0 Å². The van der Waals surface area contributed by atoms with E-state index in [0.717, 1.165) is 35.5 Å². The van der Waals surface area contributed by atoms with Gasteiger partial charge in [0.15, 0.2) is 5.60 Å². The first-order valence-corrected chi connectivity index (χ1v) is 8.02. The third-order valence-electron chi connectivity index (χ3n) is 4.31. The smallest absolute Gasteiger partial charge is 0.156 e. The highest BCUT2D eigenvalue weighted by Crippen LogP contribution is 2.36. The maximum atomic E-state index is 11.7. The van der Waals surface area contributed by atoms with E-state index in [2.05, 4.69) is 11.9 Å². The van der Waals surface area contributed by atoms with E-state index < -0.39 is 5.60 Å². The monoisotopic (exact) mass is 342 g/mol. The normalized spacial score (nSPS) is 11.1. The van der Waals surface area contributed by atoms with Crippen molar-refractivity contribution in [3.05, 3.63) is 89.5 Å². The van der Waals surface area contributed by atoms with E-state index in [4.69, 9.17) is 0 Å². The molecule has 0 aliphatic rings. The number of aliphatic hydroxyl groups is 1. The molecule has 3 rings (SSSR count). The molecule has 0 aliphatic carbocycles. The lowest BCUT2D eigenvalue weighted by Crippen LogP contribution is -2.31. The molecule has 0 spiro atoms. The second kappa shape index (κ2) is 7.65.